The van der Waals surface area contributed by atoms with E-state index in [1.807, 2.05) is 18.2 Å². The van der Waals surface area contributed by atoms with Crippen molar-refractivity contribution in [3.8, 4) is 27.9 Å². The Hall–Kier alpha value is -3.69. The third-order valence-corrected chi connectivity index (χ3v) is 6.94. The summed E-state index contributed by atoms with van der Waals surface area (Å²) in [5.74, 6) is -0.274. The summed E-state index contributed by atoms with van der Waals surface area (Å²) in [5.41, 5.74) is 7.53. The molecule has 0 spiro atoms. The average Bonchev–Trinajstić information content (AvgIpc) is 3.19. The molecule has 0 bridgehead atoms. The van der Waals surface area contributed by atoms with Gasteiger partial charge < -0.3 is 4.57 Å². The SMILES string of the molecule is Fc1cccc(-n2c3ccc(-c4ccccc4)cc3c3cc(-c4ccccc4)ccc32)c1Br. The predicted octanol–water partition coefficient (Wildman–Crippen LogP) is 9.02. The Morgan fingerprint density at radius 2 is 1.03 bits per heavy atom. The molecule has 5 aromatic carbocycles. The highest BCUT2D eigenvalue weighted by molar-refractivity contribution is 9.10. The highest BCUT2D eigenvalue weighted by atomic mass is 79.9. The van der Waals surface area contributed by atoms with Crippen LogP contribution in [-0.2, 0) is 0 Å². The van der Waals surface area contributed by atoms with Crippen LogP contribution in [0.15, 0.2) is 120 Å². The zero-order valence-electron chi connectivity index (χ0n) is 17.7. The van der Waals surface area contributed by atoms with Crippen molar-refractivity contribution in [2.75, 3.05) is 0 Å². The molecule has 158 valence electrons. The van der Waals surface area contributed by atoms with Gasteiger partial charge in [0.15, 0.2) is 0 Å². The molecule has 0 aliphatic carbocycles. The van der Waals surface area contributed by atoms with Crippen molar-refractivity contribution in [3.63, 3.8) is 0 Å². The van der Waals surface area contributed by atoms with Crippen molar-refractivity contribution in [2.45, 2.75) is 0 Å². The normalized spacial score (nSPS) is 11.3. The molecule has 0 aliphatic rings. The minimum absolute atomic E-state index is 0.274. The van der Waals surface area contributed by atoms with E-state index in [9.17, 15) is 4.39 Å². The molecule has 0 saturated heterocycles. The van der Waals surface area contributed by atoms with Crippen molar-refractivity contribution in [2.24, 2.45) is 0 Å². The molecule has 0 fully saturated rings. The van der Waals surface area contributed by atoms with Gasteiger partial charge in [0.1, 0.15) is 5.82 Å². The highest BCUT2D eigenvalue weighted by Crippen LogP contribution is 2.38. The summed E-state index contributed by atoms with van der Waals surface area (Å²) in [7, 11) is 0. The van der Waals surface area contributed by atoms with E-state index >= 15 is 0 Å². The van der Waals surface area contributed by atoms with Crippen LogP contribution in [-0.4, -0.2) is 4.57 Å². The zero-order valence-corrected chi connectivity index (χ0v) is 19.3. The lowest BCUT2D eigenvalue weighted by atomic mass is 10.0. The van der Waals surface area contributed by atoms with Gasteiger partial charge in [0.25, 0.3) is 0 Å². The summed E-state index contributed by atoms with van der Waals surface area (Å²) in [5, 5.41) is 2.28. The van der Waals surface area contributed by atoms with Crippen LogP contribution in [0.3, 0.4) is 0 Å². The van der Waals surface area contributed by atoms with Crippen LogP contribution in [0.25, 0.3) is 49.7 Å². The second-order valence-electron chi connectivity index (χ2n) is 8.10. The average molecular weight is 492 g/mol. The molecule has 0 aliphatic heterocycles. The first kappa shape index (κ1) is 20.0. The summed E-state index contributed by atoms with van der Waals surface area (Å²) in [6.45, 7) is 0. The topological polar surface area (TPSA) is 4.93 Å². The summed E-state index contributed by atoms with van der Waals surface area (Å²) < 4.78 is 17.1. The number of fused-ring (bicyclic) bond motifs is 3. The van der Waals surface area contributed by atoms with E-state index in [0.717, 1.165) is 38.6 Å². The van der Waals surface area contributed by atoms with Crippen LogP contribution in [0.1, 0.15) is 0 Å². The van der Waals surface area contributed by atoms with Gasteiger partial charge in [-0.15, -0.1) is 0 Å². The van der Waals surface area contributed by atoms with Gasteiger partial charge in [-0.3, -0.25) is 0 Å². The van der Waals surface area contributed by atoms with E-state index in [1.54, 1.807) is 6.07 Å². The number of rotatable bonds is 3. The standard InChI is InChI=1S/C30H19BrFN/c31-30-26(32)12-7-13-29(30)33-27-16-14-22(20-8-3-1-4-9-20)18-24(27)25-19-23(15-17-28(25)33)21-10-5-2-6-11-21/h1-19H. The molecule has 0 amide bonds. The van der Waals surface area contributed by atoms with Gasteiger partial charge >= 0.3 is 0 Å². The van der Waals surface area contributed by atoms with Gasteiger partial charge in [-0.05, 0) is 74.6 Å². The molecular weight excluding hydrogens is 473 g/mol. The lowest BCUT2D eigenvalue weighted by Gasteiger charge is -2.11. The number of aromatic nitrogens is 1. The Morgan fingerprint density at radius 3 is 1.55 bits per heavy atom. The van der Waals surface area contributed by atoms with Crippen LogP contribution in [0, 0.1) is 5.82 Å². The molecule has 0 radical (unpaired) electrons. The second kappa shape index (κ2) is 8.02. The summed E-state index contributed by atoms with van der Waals surface area (Å²) >= 11 is 3.48. The van der Waals surface area contributed by atoms with Crippen molar-refractivity contribution < 1.29 is 4.39 Å². The fraction of sp³-hybridized carbons (Fsp3) is 0. The van der Waals surface area contributed by atoms with Gasteiger partial charge in [0.2, 0.25) is 0 Å². The van der Waals surface area contributed by atoms with Gasteiger partial charge in [0.05, 0.1) is 21.2 Å². The van der Waals surface area contributed by atoms with E-state index in [1.165, 1.54) is 17.2 Å². The number of halogens is 2. The van der Waals surface area contributed by atoms with Crippen molar-refractivity contribution in [1.82, 2.24) is 4.57 Å². The first-order chi connectivity index (χ1) is 16.2. The Morgan fingerprint density at radius 1 is 0.515 bits per heavy atom. The van der Waals surface area contributed by atoms with Crippen molar-refractivity contribution >= 4 is 37.7 Å². The minimum Gasteiger partial charge on any atom is -0.308 e. The Bertz CT molecular complexity index is 1520. The molecule has 6 rings (SSSR count). The third-order valence-electron chi connectivity index (χ3n) is 6.15. The van der Waals surface area contributed by atoms with Crippen LogP contribution in [0.5, 0.6) is 0 Å². The van der Waals surface area contributed by atoms with E-state index in [4.69, 9.17) is 0 Å². The Labute approximate surface area is 199 Å². The van der Waals surface area contributed by atoms with E-state index in [2.05, 4.69) is 105 Å². The molecule has 3 heteroatoms. The zero-order chi connectivity index (χ0) is 22.4. The fourth-order valence-electron chi connectivity index (χ4n) is 4.57. The molecule has 0 saturated carbocycles. The van der Waals surface area contributed by atoms with Crippen LogP contribution in [0.2, 0.25) is 0 Å². The summed E-state index contributed by atoms with van der Waals surface area (Å²) in [6, 6.07) is 39.0. The maximum atomic E-state index is 14.5. The largest absolute Gasteiger partial charge is 0.308 e. The van der Waals surface area contributed by atoms with Gasteiger partial charge in [0, 0.05) is 10.8 Å². The van der Waals surface area contributed by atoms with Gasteiger partial charge in [-0.25, -0.2) is 4.39 Å². The smallest absolute Gasteiger partial charge is 0.139 e. The third kappa shape index (κ3) is 3.37. The molecule has 33 heavy (non-hydrogen) atoms. The van der Waals surface area contributed by atoms with Crippen LogP contribution >= 0.6 is 15.9 Å². The number of benzene rings is 5. The monoisotopic (exact) mass is 491 g/mol. The predicted molar refractivity (Wildman–Crippen MR) is 139 cm³/mol. The van der Waals surface area contributed by atoms with E-state index in [-0.39, 0.29) is 5.82 Å². The summed E-state index contributed by atoms with van der Waals surface area (Å²) in [6.07, 6.45) is 0. The van der Waals surface area contributed by atoms with Crippen molar-refractivity contribution in [1.29, 1.82) is 0 Å². The molecule has 1 nitrogen and oxygen atoms in total. The summed E-state index contributed by atoms with van der Waals surface area (Å²) in [4.78, 5) is 0. The van der Waals surface area contributed by atoms with Gasteiger partial charge in [-0.2, -0.15) is 0 Å². The lowest BCUT2D eigenvalue weighted by molar-refractivity contribution is 0.620. The minimum atomic E-state index is -0.274. The maximum absolute atomic E-state index is 14.5. The van der Waals surface area contributed by atoms with E-state index < -0.39 is 0 Å². The molecule has 1 aromatic heterocycles. The Balaban J connectivity index is 1.69. The second-order valence-corrected chi connectivity index (χ2v) is 8.90. The molecule has 1 heterocycles. The van der Waals surface area contributed by atoms with Gasteiger partial charge in [-0.1, -0.05) is 78.9 Å². The first-order valence-corrected chi connectivity index (χ1v) is 11.6. The number of hydrogen-bond donors (Lipinski definition) is 0. The molecule has 6 aromatic rings. The van der Waals surface area contributed by atoms with Crippen LogP contribution < -0.4 is 0 Å². The molecule has 0 unspecified atom stereocenters. The maximum Gasteiger partial charge on any atom is 0.139 e. The molecular formula is C30H19BrFN. The highest BCUT2D eigenvalue weighted by Gasteiger charge is 2.17. The Kier molecular flexibility index (Phi) is 4.85. The van der Waals surface area contributed by atoms with E-state index in [0.29, 0.717) is 4.47 Å². The molecule has 0 N–H and O–H groups in total. The fourth-order valence-corrected chi connectivity index (χ4v) is 5.01. The quantitative estimate of drug-likeness (QED) is 0.232. The van der Waals surface area contributed by atoms with Crippen LogP contribution in [0.4, 0.5) is 4.39 Å². The van der Waals surface area contributed by atoms with Crippen molar-refractivity contribution in [3.05, 3.63) is 126 Å². The lowest BCUT2D eigenvalue weighted by Crippen LogP contribution is -1.96. The number of hydrogen-bond acceptors (Lipinski definition) is 0. The molecule has 0 atom stereocenters. The number of nitrogens with zero attached hydrogens (tertiary/aromatic N) is 1. The first-order valence-electron chi connectivity index (χ1n) is 10.8.